The highest BCUT2D eigenvalue weighted by atomic mass is 32.2. The summed E-state index contributed by atoms with van der Waals surface area (Å²) in [5.74, 6) is -0.143. The van der Waals surface area contributed by atoms with Crippen LogP contribution in [0.15, 0.2) is 36.7 Å². The Hall–Kier alpha value is -2.54. The molecule has 4 rings (SSSR count). The van der Waals surface area contributed by atoms with Crippen LogP contribution in [0.2, 0.25) is 0 Å². The summed E-state index contributed by atoms with van der Waals surface area (Å²) in [5.41, 5.74) is 2.53. The van der Waals surface area contributed by atoms with Crippen molar-refractivity contribution in [2.24, 2.45) is 0 Å². The van der Waals surface area contributed by atoms with E-state index in [0.717, 1.165) is 0 Å². The molecule has 0 saturated carbocycles. The van der Waals surface area contributed by atoms with Gasteiger partial charge in [-0.15, -0.1) is 0 Å². The molecule has 0 aliphatic carbocycles. The third kappa shape index (κ3) is 5.69. The molecule has 1 aliphatic rings. The molecular weight excluding hydrogens is 469 g/mol. The predicted octanol–water partition coefficient (Wildman–Crippen LogP) is 2.05. The van der Waals surface area contributed by atoms with E-state index in [1.807, 2.05) is 0 Å². The Bertz CT molecular complexity index is 1240. The van der Waals surface area contributed by atoms with Gasteiger partial charge >= 0.3 is 0 Å². The van der Waals surface area contributed by atoms with E-state index >= 15 is 0 Å². The number of morpholine rings is 1. The van der Waals surface area contributed by atoms with Crippen LogP contribution >= 0.6 is 13.5 Å². The van der Waals surface area contributed by atoms with Crippen LogP contribution in [0.4, 0.5) is 10.1 Å². The maximum Gasteiger partial charge on any atom is 0.242 e. The van der Waals surface area contributed by atoms with Gasteiger partial charge in [0.2, 0.25) is 15.9 Å². The Morgan fingerprint density at radius 3 is 2.70 bits per heavy atom. The summed E-state index contributed by atoms with van der Waals surface area (Å²) in [6.45, 7) is 0.875. The lowest BCUT2D eigenvalue weighted by Gasteiger charge is -2.30. The maximum absolute atomic E-state index is 14.5. The molecule has 178 valence electrons. The normalized spacial score (nSPS) is 16.9. The molecule has 3 heterocycles. The van der Waals surface area contributed by atoms with Gasteiger partial charge in [-0.2, -0.15) is 17.8 Å². The van der Waals surface area contributed by atoms with Crippen LogP contribution in [-0.4, -0.2) is 80.4 Å². The van der Waals surface area contributed by atoms with Gasteiger partial charge in [-0.25, -0.2) is 22.8 Å². The molecule has 1 saturated heterocycles. The van der Waals surface area contributed by atoms with Crippen molar-refractivity contribution < 1.29 is 22.3 Å². The van der Waals surface area contributed by atoms with E-state index in [-0.39, 0.29) is 45.0 Å². The van der Waals surface area contributed by atoms with E-state index in [0.29, 0.717) is 34.5 Å². The zero-order valence-corrected chi connectivity index (χ0v) is 20.3. The number of fused-ring (bicyclic) bond motifs is 1. The van der Waals surface area contributed by atoms with Gasteiger partial charge in [0.15, 0.2) is 5.52 Å². The van der Waals surface area contributed by atoms with Gasteiger partial charge in [-0.3, -0.25) is 4.98 Å². The summed E-state index contributed by atoms with van der Waals surface area (Å²) < 4.78 is 51.1. The number of anilines is 1. The first-order chi connectivity index (χ1) is 15.2. The van der Waals surface area contributed by atoms with Gasteiger partial charge in [0, 0.05) is 45.1 Å². The summed E-state index contributed by atoms with van der Waals surface area (Å²) in [6.07, 6.45) is 3.81. The van der Waals surface area contributed by atoms with Gasteiger partial charge in [-0.1, -0.05) is 6.07 Å². The molecule has 2 aromatic heterocycles. The number of pyridine rings is 1. The first-order valence-electron chi connectivity index (χ1n) is 10.0. The second kappa shape index (κ2) is 10.2. The molecule has 0 amide bonds. The second-order valence-corrected chi connectivity index (χ2v) is 9.70. The van der Waals surface area contributed by atoms with E-state index in [1.165, 1.54) is 22.8 Å². The first kappa shape index (κ1) is 25.1. The Morgan fingerprint density at radius 1 is 1.24 bits per heavy atom. The van der Waals surface area contributed by atoms with Crippen LogP contribution in [-0.2, 0) is 14.8 Å². The standard InChI is InChI=1S/C21H24FN5O4S.H2S/c1-26(2)19-5-4-14(10-16(19)22)17-11-18-20(24-7-6-23-18)21(25-17)31-13-15-12-27(8-9-30-15)32(3,28)29;/h4-7,10-11,15H,8-9,12-13H2,1-3H3;1H2/t15-;/m0./s1. The Morgan fingerprint density at radius 2 is 2.00 bits per heavy atom. The van der Waals surface area contributed by atoms with Crippen LogP contribution in [0, 0.1) is 5.82 Å². The van der Waals surface area contributed by atoms with Gasteiger partial charge in [0.25, 0.3) is 0 Å². The maximum atomic E-state index is 14.5. The fourth-order valence-electron chi connectivity index (χ4n) is 3.49. The highest BCUT2D eigenvalue weighted by Gasteiger charge is 2.27. The SMILES string of the molecule is CN(C)c1ccc(-c2cc3nccnc3c(OC[C@@H]3CN(S(C)(=O)=O)CCO3)n2)cc1F.S. The number of sulfonamides is 1. The lowest BCUT2D eigenvalue weighted by atomic mass is 10.1. The molecule has 0 N–H and O–H groups in total. The van der Waals surface area contributed by atoms with E-state index in [2.05, 4.69) is 15.0 Å². The topological polar surface area (TPSA) is 97.8 Å². The Labute approximate surface area is 199 Å². The minimum absolute atomic E-state index is 0. The minimum atomic E-state index is -3.31. The summed E-state index contributed by atoms with van der Waals surface area (Å²) in [4.78, 5) is 14.9. The van der Waals surface area contributed by atoms with Crippen LogP contribution in [0.1, 0.15) is 0 Å². The van der Waals surface area contributed by atoms with E-state index in [4.69, 9.17) is 9.47 Å². The Balaban J connectivity index is 0.00000306. The zero-order chi connectivity index (χ0) is 22.9. The molecule has 1 fully saturated rings. The summed E-state index contributed by atoms with van der Waals surface area (Å²) >= 11 is 0. The monoisotopic (exact) mass is 495 g/mol. The van der Waals surface area contributed by atoms with Crippen LogP contribution in [0.5, 0.6) is 5.88 Å². The van der Waals surface area contributed by atoms with Crippen LogP contribution < -0.4 is 9.64 Å². The van der Waals surface area contributed by atoms with Crippen molar-refractivity contribution in [2.75, 3.05) is 51.6 Å². The number of aromatic nitrogens is 3. The van der Waals surface area contributed by atoms with Crippen molar-refractivity contribution in [2.45, 2.75) is 6.10 Å². The van der Waals surface area contributed by atoms with E-state index in [9.17, 15) is 12.8 Å². The van der Waals surface area contributed by atoms with Crippen molar-refractivity contribution in [1.82, 2.24) is 19.3 Å². The third-order valence-electron chi connectivity index (χ3n) is 5.13. The number of ether oxygens (including phenoxy) is 2. The summed E-state index contributed by atoms with van der Waals surface area (Å²) in [5, 5.41) is 0. The van der Waals surface area contributed by atoms with E-state index in [1.54, 1.807) is 43.4 Å². The number of hydrogen-bond acceptors (Lipinski definition) is 8. The molecule has 3 aromatic rings. The average Bonchev–Trinajstić information content (AvgIpc) is 2.76. The molecule has 0 spiro atoms. The predicted molar refractivity (Wildman–Crippen MR) is 129 cm³/mol. The lowest BCUT2D eigenvalue weighted by Crippen LogP contribution is -2.47. The Kier molecular flexibility index (Phi) is 7.73. The molecule has 9 nitrogen and oxygen atoms in total. The quantitative estimate of drug-likeness (QED) is 0.513. The number of nitrogens with zero attached hydrogens (tertiary/aromatic N) is 5. The fraction of sp³-hybridized carbons (Fsp3) is 0.381. The molecule has 33 heavy (non-hydrogen) atoms. The molecule has 0 radical (unpaired) electrons. The number of benzene rings is 1. The van der Waals surface area contributed by atoms with Gasteiger partial charge in [0.1, 0.15) is 18.5 Å². The smallest absolute Gasteiger partial charge is 0.242 e. The highest BCUT2D eigenvalue weighted by Crippen LogP contribution is 2.29. The van der Waals surface area contributed by atoms with Crippen LogP contribution in [0.25, 0.3) is 22.3 Å². The van der Waals surface area contributed by atoms with Gasteiger partial charge in [0.05, 0.1) is 29.8 Å². The average molecular weight is 496 g/mol. The van der Waals surface area contributed by atoms with Gasteiger partial charge in [-0.05, 0) is 18.2 Å². The highest BCUT2D eigenvalue weighted by molar-refractivity contribution is 7.88. The number of hydrogen-bond donors (Lipinski definition) is 0. The fourth-order valence-corrected chi connectivity index (χ4v) is 4.33. The molecule has 1 aliphatic heterocycles. The van der Waals surface area contributed by atoms with Crippen LogP contribution in [0.3, 0.4) is 0 Å². The third-order valence-corrected chi connectivity index (χ3v) is 6.40. The summed E-state index contributed by atoms with van der Waals surface area (Å²) in [7, 11) is 0.228. The minimum Gasteiger partial charge on any atom is -0.473 e. The second-order valence-electron chi connectivity index (χ2n) is 7.72. The first-order valence-corrected chi connectivity index (χ1v) is 11.9. The number of rotatable bonds is 6. The van der Waals surface area contributed by atoms with Crippen molar-refractivity contribution >= 4 is 40.2 Å². The number of halogens is 1. The molecular formula is C21H26FN5O4S2. The van der Waals surface area contributed by atoms with Crippen molar-refractivity contribution in [1.29, 1.82) is 0 Å². The molecule has 0 unspecified atom stereocenters. The molecule has 12 heteroatoms. The summed E-state index contributed by atoms with van der Waals surface area (Å²) in [6, 6.07) is 6.60. The zero-order valence-electron chi connectivity index (χ0n) is 18.5. The molecule has 0 bridgehead atoms. The molecule has 1 atom stereocenters. The van der Waals surface area contributed by atoms with Crippen molar-refractivity contribution in [3.63, 3.8) is 0 Å². The van der Waals surface area contributed by atoms with Crippen molar-refractivity contribution in [3.8, 4) is 17.1 Å². The lowest BCUT2D eigenvalue weighted by molar-refractivity contribution is -0.0252. The molecule has 1 aromatic carbocycles. The van der Waals surface area contributed by atoms with E-state index < -0.39 is 16.1 Å². The van der Waals surface area contributed by atoms with Gasteiger partial charge < -0.3 is 14.4 Å². The largest absolute Gasteiger partial charge is 0.473 e. The van der Waals surface area contributed by atoms with Crippen molar-refractivity contribution in [3.05, 3.63) is 42.5 Å².